The molecule has 1 aliphatic rings. The van der Waals surface area contributed by atoms with E-state index in [4.69, 9.17) is 16.3 Å². The van der Waals surface area contributed by atoms with E-state index in [0.717, 1.165) is 25.7 Å². The Labute approximate surface area is 71.2 Å². The van der Waals surface area contributed by atoms with Crippen molar-refractivity contribution in [2.24, 2.45) is 0 Å². The minimum atomic E-state index is -0.278. The molecule has 3 heteroatoms. The lowest BCUT2D eigenvalue weighted by Gasteiger charge is -2.14. The number of allylic oxidation sites excluding steroid dienone is 2. The van der Waals surface area contributed by atoms with Crippen LogP contribution >= 0.6 is 11.6 Å². The number of rotatable bonds is 1. The van der Waals surface area contributed by atoms with Crippen molar-refractivity contribution < 1.29 is 9.53 Å². The van der Waals surface area contributed by atoms with Gasteiger partial charge < -0.3 is 4.74 Å². The van der Waals surface area contributed by atoms with Gasteiger partial charge in [0.15, 0.2) is 0 Å². The summed E-state index contributed by atoms with van der Waals surface area (Å²) in [6.45, 7) is 1.39. The Kier molecular flexibility index (Phi) is 2.94. The fourth-order valence-corrected chi connectivity index (χ4v) is 1.39. The van der Waals surface area contributed by atoms with Crippen LogP contribution in [0.25, 0.3) is 0 Å². The van der Waals surface area contributed by atoms with E-state index in [9.17, 15) is 4.79 Å². The van der Waals surface area contributed by atoms with Crippen molar-refractivity contribution in [2.45, 2.75) is 32.6 Å². The normalized spacial score (nSPS) is 18.4. The molecule has 0 unspecified atom stereocenters. The van der Waals surface area contributed by atoms with Crippen molar-refractivity contribution in [2.75, 3.05) is 0 Å². The third-order valence-corrected chi connectivity index (χ3v) is 2.02. The molecule has 0 radical (unpaired) electrons. The van der Waals surface area contributed by atoms with E-state index in [1.54, 1.807) is 0 Å². The first kappa shape index (κ1) is 8.60. The Morgan fingerprint density at radius 2 is 2.09 bits per heavy atom. The number of esters is 1. The molecule has 0 N–H and O–H groups in total. The topological polar surface area (TPSA) is 26.3 Å². The summed E-state index contributed by atoms with van der Waals surface area (Å²) in [7, 11) is 0. The average molecular weight is 175 g/mol. The van der Waals surface area contributed by atoms with Crippen molar-refractivity contribution in [3.63, 3.8) is 0 Å². The van der Waals surface area contributed by atoms with Crippen molar-refractivity contribution in [3.8, 4) is 0 Å². The predicted molar refractivity (Wildman–Crippen MR) is 43.1 cm³/mol. The molecule has 0 amide bonds. The summed E-state index contributed by atoms with van der Waals surface area (Å²) in [4.78, 5) is 10.5. The van der Waals surface area contributed by atoms with Gasteiger partial charge in [-0.2, -0.15) is 0 Å². The number of carbonyl (C=O) groups excluding carboxylic acids is 1. The van der Waals surface area contributed by atoms with Crippen molar-refractivity contribution in [3.05, 3.63) is 10.8 Å². The lowest BCUT2D eigenvalue weighted by Crippen LogP contribution is -2.04. The fraction of sp³-hybridized carbons (Fsp3) is 0.625. The van der Waals surface area contributed by atoms with Gasteiger partial charge in [-0.1, -0.05) is 11.6 Å². The van der Waals surface area contributed by atoms with Gasteiger partial charge in [0, 0.05) is 13.3 Å². The molecular formula is C8H11ClO2. The lowest BCUT2D eigenvalue weighted by molar-refractivity contribution is -0.137. The Hall–Kier alpha value is -0.500. The van der Waals surface area contributed by atoms with Gasteiger partial charge in [-0.25, -0.2) is 0 Å². The zero-order valence-electron chi connectivity index (χ0n) is 6.52. The van der Waals surface area contributed by atoms with E-state index in [2.05, 4.69) is 0 Å². The summed E-state index contributed by atoms with van der Waals surface area (Å²) < 4.78 is 4.91. The van der Waals surface area contributed by atoms with Gasteiger partial charge in [-0.05, 0) is 19.3 Å². The van der Waals surface area contributed by atoms with Crippen LogP contribution in [0.1, 0.15) is 32.6 Å². The van der Waals surface area contributed by atoms with Crippen LogP contribution in [0, 0.1) is 0 Å². The van der Waals surface area contributed by atoms with Crippen LogP contribution in [-0.2, 0) is 9.53 Å². The zero-order chi connectivity index (χ0) is 8.27. The molecule has 62 valence electrons. The molecule has 11 heavy (non-hydrogen) atoms. The largest absolute Gasteiger partial charge is 0.430 e. The predicted octanol–water partition coefficient (Wildman–Crippen LogP) is 2.57. The first-order chi connectivity index (χ1) is 5.20. The highest BCUT2D eigenvalue weighted by molar-refractivity contribution is 6.29. The fourth-order valence-electron chi connectivity index (χ4n) is 1.12. The van der Waals surface area contributed by atoms with Gasteiger partial charge in [0.1, 0.15) is 5.76 Å². The third kappa shape index (κ3) is 2.54. The first-order valence-corrected chi connectivity index (χ1v) is 4.14. The van der Waals surface area contributed by atoms with E-state index < -0.39 is 0 Å². The SMILES string of the molecule is CC(=O)OC1=C(Cl)CCCC1. The molecule has 0 heterocycles. The van der Waals surface area contributed by atoms with Crippen LogP contribution < -0.4 is 0 Å². The maximum Gasteiger partial charge on any atom is 0.307 e. The van der Waals surface area contributed by atoms with Crippen molar-refractivity contribution in [1.82, 2.24) is 0 Å². The highest BCUT2D eigenvalue weighted by Crippen LogP contribution is 2.27. The van der Waals surface area contributed by atoms with Crippen LogP contribution in [0.4, 0.5) is 0 Å². The van der Waals surface area contributed by atoms with Gasteiger partial charge in [0.25, 0.3) is 0 Å². The average Bonchev–Trinajstić information content (AvgIpc) is 1.93. The van der Waals surface area contributed by atoms with Gasteiger partial charge in [-0.15, -0.1) is 0 Å². The van der Waals surface area contributed by atoms with E-state index in [0.29, 0.717) is 10.8 Å². The second-order valence-corrected chi connectivity index (χ2v) is 3.09. The highest BCUT2D eigenvalue weighted by atomic mass is 35.5. The Balaban J connectivity index is 2.59. The number of halogens is 1. The van der Waals surface area contributed by atoms with Crippen LogP contribution in [0.2, 0.25) is 0 Å². The summed E-state index contributed by atoms with van der Waals surface area (Å²) in [6, 6.07) is 0. The molecule has 0 spiro atoms. The Morgan fingerprint density at radius 3 is 2.64 bits per heavy atom. The molecule has 1 rings (SSSR count). The molecular weight excluding hydrogens is 164 g/mol. The second-order valence-electron chi connectivity index (χ2n) is 2.63. The standard InChI is InChI=1S/C8H11ClO2/c1-6(10)11-8-5-3-2-4-7(8)9/h2-5H2,1H3. The van der Waals surface area contributed by atoms with Gasteiger partial charge in [-0.3, -0.25) is 4.79 Å². The molecule has 0 saturated heterocycles. The first-order valence-electron chi connectivity index (χ1n) is 3.76. The van der Waals surface area contributed by atoms with Crippen molar-refractivity contribution >= 4 is 17.6 Å². The maximum atomic E-state index is 10.5. The number of ether oxygens (including phenoxy) is 1. The molecule has 0 aromatic rings. The van der Waals surface area contributed by atoms with Crippen LogP contribution in [0.15, 0.2) is 10.8 Å². The molecule has 0 aromatic heterocycles. The molecule has 0 fully saturated rings. The van der Waals surface area contributed by atoms with Crippen molar-refractivity contribution in [1.29, 1.82) is 0 Å². The minimum Gasteiger partial charge on any atom is -0.430 e. The number of hydrogen-bond acceptors (Lipinski definition) is 2. The smallest absolute Gasteiger partial charge is 0.307 e. The molecule has 0 aromatic carbocycles. The molecule has 2 nitrogen and oxygen atoms in total. The highest BCUT2D eigenvalue weighted by Gasteiger charge is 2.13. The number of hydrogen-bond donors (Lipinski definition) is 0. The lowest BCUT2D eigenvalue weighted by atomic mass is 10.1. The summed E-state index contributed by atoms with van der Waals surface area (Å²) in [6.07, 6.45) is 3.82. The monoisotopic (exact) mass is 174 g/mol. The molecule has 0 aliphatic heterocycles. The second kappa shape index (κ2) is 3.77. The van der Waals surface area contributed by atoms with Crippen LogP contribution in [0.3, 0.4) is 0 Å². The van der Waals surface area contributed by atoms with Crippen LogP contribution in [-0.4, -0.2) is 5.97 Å². The summed E-state index contributed by atoms with van der Waals surface area (Å²) >= 11 is 5.83. The zero-order valence-corrected chi connectivity index (χ0v) is 7.28. The van der Waals surface area contributed by atoms with E-state index in [1.807, 2.05) is 0 Å². The van der Waals surface area contributed by atoms with E-state index in [-0.39, 0.29) is 5.97 Å². The Bertz CT molecular complexity index is 196. The molecule has 0 bridgehead atoms. The quantitative estimate of drug-likeness (QED) is 0.572. The van der Waals surface area contributed by atoms with Crippen LogP contribution in [0.5, 0.6) is 0 Å². The van der Waals surface area contributed by atoms with Gasteiger partial charge in [0.05, 0.1) is 5.03 Å². The summed E-state index contributed by atoms with van der Waals surface area (Å²) in [5, 5.41) is 0.714. The summed E-state index contributed by atoms with van der Waals surface area (Å²) in [5.41, 5.74) is 0. The third-order valence-electron chi connectivity index (χ3n) is 1.62. The van der Waals surface area contributed by atoms with E-state index >= 15 is 0 Å². The maximum absolute atomic E-state index is 10.5. The molecule has 1 aliphatic carbocycles. The van der Waals surface area contributed by atoms with E-state index in [1.165, 1.54) is 6.92 Å². The minimum absolute atomic E-state index is 0.278. The molecule has 0 atom stereocenters. The summed E-state index contributed by atoms with van der Waals surface area (Å²) in [5.74, 6) is 0.394. The number of carbonyl (C=O) groups is 1. The van der Waals surface area contributed by atoms with Gasteiger partial charge >= 0.3 is 5.97 Å². The Morgan fingerprint density at radius 1 is 1.45 bits per heavy atom. The van der Waals surface area contributed by atoms with Gasteiger partial charge in [0.2, 0.25) is 0 Å². The molecule has 0 saturated carbocycles.